The molecule has 0 aliphatic carbocycles. The maximum absolute atomic E-state index is 12.9. The first-order valence-corrected chi connectivity index (χ1v) is 12.2. The molecule has 0 spiro atoms. The third-order valence-electron chi connectivity index (χ3n) is 5.87. The maximum Gasteiger partial charge on any atom is 0.243 e. The molecule has 0 radical (unpaired) electrons. The van der Waals surface area contributed by atoms with Crippen LogP contribution in [0, 0.1) is 12.8 Å². The van der Waals surface area contributed by atoms with Crippen LogP contribution in [0.15, 0.2) is 72.1 Å². The van der Waals surface area contributed by atoms with E-state index in [2.05, 4.69) is 22.4 Å². The molecule has 3 aromatic rings. The minimum Gasteiger partial charge on any atom is -0.352 e. The minimum atomic E-state index is -3.51. The van der Waals surface area contributed by atoms with Gasteiger partial charge >= 0.3 is 0 Å². The Hall–Kier alpha value is -2.97. The summed E-state index contributed by atoms with van der Waals surface area (Å²) in [5.41, 5.74) is 3.20. The lowest BCUT2D eigenvalue weighted by Gasteiger charge is -2.30. The number of piperidine rings is 1. The molecule has 1 aliphatic rings. The highest BCUT2D eigenvalue weighted by atomic mass is 32.2. The fourth-order valence-corrected chi connectivity index (χ4v) is 5.45. The van der Waals surface area contributed by atoms with Gasteiger partial charge in [0.15, 0.2) is 0 Å². The Balaban J connectivity index is 1.29. The van der Waals surface area contributed by atoms with E-state index in [1.54, 1.807) is 36.8 Å². The fraction of sp³-hybridized carbons (Fsp3) is 0.333. The summed E-state index contributed by atoms with van der Waals surface area (Å²) in [6.07, 6.45) is 6.50. The number of rotatable bonds is 7. The molecule has 1 saturated heterocycles. The van der Waals surface area contributed by atoms with Gasteiger partial charge < -0.3 is 9.88 Å². The van der Waals surface area contributed by atoms with Crippen LogP contribution in [0.2, 0.25) is 0 Å². The van der Waals surface area contributed by atoms with Crippen molar-refractivity contribution in [2.75, 3.05) is 13.1 Å². The Labute approximate surface area is 189 Å². The molecule has 1 aliphatic heterocycles. The molecule has 168 valence electrons. The zero-order valence-electron chi connectivity index (χ0n) is 18.1. The zero-order chi connectivity index (χ0) is 22.6. The predicted molar refractivity (Wildman–Crippen MR) is 122 cm³/mol. The fourth-order valence-electron chi connectivity index (χ4n) is 3.98. The first-order valence-electron chi connectivity index (χ1n) is 10.8. The molecule has 2 aromatic carbocycles. The van der Waals surface area contributed by atoms with Crippen LogP contribution >= 0.6 is 0 Å². The SMILES string of the molecule is Cc1ccc(S(=O)(=O)N2CCC(C(=O)NCc3cccc(Cn4ccnc4)c3)CC2)cc1. The van der Waals surface area contributed by atoms with Crippen LogP contribution < -0.4 is 5.32 Å². The number of carbonyl (C=O) groups is 1. The summed E-state index contributed by atoms with van der Waals surface area (Å²) in [5, 5.41) is 3.02. The van der Waals surface area contributed by atoms with Crippen molar-refractivity contribution < 1.29 is 13.2 Å². The lowest BCUT2D eigenvalue weighted by molar-refractivity contribution is -0.126. The molecule has 0 unspecified atom stereocenters. The molecule has 7 nitrogen and oxygen atoms in total. The number of nitrogens with one attached hydrogen (secondary N) is 1. The van der Waals surface area contributed by atoms with Crippen molar-refractivity contribution in [1.82, 2.24) is 19.2 Å². The number of aryl methyl sites for hydroxylation is 1. The lowest BCUT2D eigenvalue weighted by Crippen LogP contribution is -2.42. The lowest BCUT2D eigenvalue weighted by atomic mass is 9.97. The average molecular weight is 453 g/mol. The first kappa shape index (κ1) is 22.2. The molecule has 1 aromatic heterocycles. The Morgan fingerprint density at radius 1 is 1.09 bits per heavy atom. The second-order valence-electron chi connectivity index (χ2n) is 8.26. The summed E-state index contributed by atoms with van der Waals surface area (Å²) in [4.78, 5) is 17.0. The summed E-state index contributed by atoms with van der Waals surface area (Å²) < 4.78 is 29.2. The molecule has 1 fully saturated rings. The van der Waals surface area contributed by atoms with Crippen molar-refractivity contribution in [3.05, 3.63) is 83.9 Å². The Bertz CT molecular complexity index is 1150. The van der Waals surface area contributed by atoms with Gasteiger partial charge in [0.05, 0.1) is 11.2 Å². The summed E-state index contributed by atoms with van der Waals surface area (Å²) >= 11 is 0. The van der Waals surface area contributed by atoms with Gasteiger partial charge in [-0.3, -0.25) is 4.79 Å². The van der Waals surface area contributed by atoms with Gasteiger partial charge in [-0.2, -0.15) is 4.31 Å². The smallest absolute Gasteiger partial charge is 0.243 e. The Morgan fingerprint density at radius 3 is 2.50 bits per heavy atom. The summed E-state index contributed by atoms with van der Waals surface area (Å²) in [6, 6.07) is 15.0. The first-order chi connectivity index (χ1) is 15.4. The number of carbonyl (C=O) groups excluding carboxylic acids is 1. The molecule has 1 amide bonds. The van der Waals surface area contributed by atoms with Crippen LogP contribution in [-0.4, -0.2) is 41.3 Å². The number of sulfonamides is 1. The van der Waals surface area contributed by atoms with Gasteiger partial charge in [0, 0.05) is 44.5 Å². The average Bonchev–Trinajstić information content (AvgIpc) is 3.31. The molecular formula is C24H28N4O3S. The van der Waals surface area contributed by atoms with Gasteiger partial charge in [-0.15, -0.1) is 0 Å². The highest BCUT2D eigenvalue weighted by molar-refractivity contribution is 7.89. The molecule has 0 saturated carbocycles. The second-order valence-corrected chi connectivity index (χ2v) is 10.2. The van der Waals surface area contributed by atoms with E-state index in [-0.39, 0.29) is 11.8 Å². The van der Waals surface area contributed by atoms with Crippen LogP contribution in [0.25, 0.3) is 0 Å². The number of imidazole rings is 1. The summed E-state index contributed by atoms with van der Waals surface area (Å²) in [7, 11) is -3.51. The second kappa shape index (κ2) is 9.67. The van der Waals surface area contributed by atoms with Gasteiger partial charge in [-0.1, -0.05) is 42.0 Å². The van der Waals surface area contributed by atoms with Crippen LogP contribution in [0.3, 0.4) is 0 Å². The zero-order valence-corrected chi connectivity index (χ0v) is 19.0. The number of hydrogen-bond donors (Lipinski definition) is 1. The standard InChI is InChI=1S/C24H28N4O3S/c1-19-5-7-23(8-6-19)32(30,31)28-12-9-22(10-13-28)24(29)26-16-20-3-2-4-21(15-20)17-27-14-11-25-18-27/h2-8,11,14-15,18,22H,9-10,12-13,16-17H2,1H3,(H,26,29). The van der Waals surface area contributed by atoms with Crippen LogP contribution in [0.4, 0.5) is 0 Å². The molecule has 1 N–H and O–H groups in total. The van der Waals surface area contributed by atoms with E-state index in [1.807, 2.05) is 29.8 Å². The highest BCUT2D eigenvalue weighted by Crippen LogP contribution is 2.24. The quantitative estimate of drug-likeness (QED) is 0.597. The van der Waals surface area contributed by atoms with Crippen molar-refractivity contribution in [2.24, 2.45) is 5.92 Å². The maximum atomic E-state index is 12.9. The summed E-state index contributed by atoms with van der Waals surface area (Å²) in [6.45, 7) is 3.83. The highest BCUT2D eigenvalue weighted by Gasteiger charge is 2.31. The topological polar surface area (TPSA) is 84.3 Å². The molecule has 0 bridgehead atoms. The number of amides is 1. The van der Waals surface area contributed by atoms with E-state index in [0.717, 1.165) is 23.2 Å². The van der Waals surface area contributed by atoms with Crippen LogP contribution in [0.1, 0.15) is 29.5 Å². The number of nitrogens with zero attached hydrogens (tertiary/aromatic N) is 3. The normalized spacial score (nSPS) is 15.5. The van der Waals surface area contributed by atoms with Gasteiger partial charge in [-0.25, -0.2) is 13.4 Å². The van der Waals surface area contributed by atoms with Gasteiger partial charge in [-0.05, 0) is 43.0 Å². The van der Waals surface area contributed by atoms with E-state index in [1.165, 1.54) is 4.31 Å². The molecule has 0 atom stereocenters. The Morgan fingerprint density at radius 2 is 1.81 bits per heavy atom. The van der Waals surface area contributed by atoms with Gasteiger partial charge in [0.2, 0.25) is 15.9 Å². The van der Waals surface area contributed by atoms with Gasteiger partial charge in [0.1, 0.15) is 0 Å². The third-order valence-corrected chi connectivity index (χ3v) is 7.78. The molecule has 4 rings (SSSR count). The molecular weight excluding hydrogens is 424 g/mol. The number of aromatic nitrogens is 2. The molecule has 2 heterocycles. The number of hydrogen-bond acceptors (Lipinski definition) is 4. The van der Waals surface area contributed by atoms with Crippen molar-refractivity contribution in [1.29, 1.82) is 0 Å². The summed E-state index contributed by atoms with van der Waals surface area (Å²) in [5.74, 6) is -0.189. The van der Waals surface area contributed by atoms with E-state index >= 15 is 0 Å². The minimum absolute atomic E-state index is 0.0163. The van der Waals surface area contributed by atoms with Crippen LogP contribution in [-0.2, 0) is 27.9 Å². The largest absolute Gasteiger partial charge is 0.352 e. The van der Waals surface area contributed by atoms with E-state index in [0.29, 0.717) is 37.4 Å². The van der Waals surface area contributed by atoms with Crippen molar-refractivity contribution >= 4 is 15.9 Å². The van der Waals surface area contributed by atoms with Gasteiger partial charge in [0.25, 0.3) is 0 Å². The third kappa shape index (κ3) is 5.26. The van der Waals surface area contributed by atoms with E-state index in [4.69, 9.17) is 0 Å². The molecule has 8 heteroatoms. The van der Waals surface area contributed by atoms with E-state index in [9.17, 15) is 13.2 Å². The number of benzene rings is 2. The van der Waals surface area contributed by atoms with Crippen molar-refractivity contribution in [3.63, 3.8) is 0 Å². The van der Waals surface area contributed by atoms with Crippen LogP contribution in [0.5, 0.6) is 0 Å². The Kier molecular flexibility index (Phi) is 6.72. The van der Waals surface area contributed by atoms with Crippen molar-refractivity contribution in [2.45, 2.75) is 37.8 Å². The predicted octanol–water partition coefficient (Wildman–Crippen LogP) is 2.96. The molecule has 32 heavy (non-hydrogen) atoms. The van der Waals surface area contributed by atoms with E-state index < -0.39 is 10.0 Å². The van der Waals surface area contributed by atoms with Crippen molar-refractivity contribution in [3.8, 4) is 0 Å². The monoisotopic (exact) mass is 452 g/mol.